The SMILES string of the molecule is Cn1cc(C2CCN(C(=O)OC(C)(C)C)CC2)c2ncnc(Cl)c21. The fraction of sp³-hybridized carbons (Fsp3) is 0.588. The molecule has 0 unspecified atom stereocenters. The number of likely N-dealkylation sites (tertiary alicyclic amines) is 1. The third-order valence-electron chi connectivity index (χ3n) is 4.32. The van der Waals surface area contributed by atoms with Gasteiger partial charge in [-0.2, -0.15) is 0 Å². The maximum atomic E-state index is 12.2. The van der Waals surface area contributed by atoms with Crippen LogP contribution in [-0.4, -0.2) is 44.2 Å². The fourth-order valence-corrected chi connectivity index (χ4v) is 3.48. The Hall–Kier alpha value is -1.82. The summed E-state index contributed by atoms with van der Waals surface area (Å²) in [4.78, 5) is 22.4. The Morgan fingerprint density at radius 1 is 1.29 bits per heavy atom. The summed E-state index contributed by atoms with van der Waals surface area (Å²) in [6.45, 7) is 7.04. The second-order valence-electron chi connectivity index (χ2n) is 7.30. The summed E-state index contributed by atoms with van der Waals surface area (Å²) in [6.07, 6.45) is 5.13. The van der Waals surface area contributed by atoms with E-state index in [2.05, 4.69) is 16.2 Å². The van der Waals surface area contributed by atoms with E-state index in [9.17, 15) is 4.79 Å². The van der Waals surface area contributed by atoms with Gasteiger partial charge in [-0.3, -0.25) is 0 Å². The summed E-state index contributed by atoms with van der Waals surface area (Å²) in [5.74, 6) is 0.360. The number of nitrogens with zero attached hydrogens (tertiary/aromatic N) is 4. The number of carbonyl (C=O) groups is 1. The molecule has 1 fully saturated rings. The number of ether oxygens (including phenoxy) is 1. The smallest absolute Gasteiger partial charge is 0.410 e. The van der Waals surface area contributed by atoms with Crippen molar-refractivity contribution in [2.75, 3.05) is 13.1 Å². The van der Waals surface area contributed by atoms with Crippen LogP contribution >= 0.6 is 11.6 Å². The number of rotatable bonds is 1. The highest BCUT2D eigenvalue weighted by molar-refractivity contribution is 6.33. The molecule has 0 bridgehead atoms. The molecule has 2 aromatic heterocycles. The average molecular weight is 351 g/mol. The van der Waals surface area contributed by atoms with E-state index in [-0.39, 0.29) is 6.09 Å². The van der Waals surface area contributed by atoms with Crippen LogP contribution in [0.25, 0.3) is 11.0 Å². The van der Waals surface area contributed by atoms with Crippen molar-refractivity contribution in [2.24, 2.45) is 7.05 Å². The lowest BCUT2D eigenvalue weighted by Gasteiger charge is -2.33. The molecule has 0 spiro atoms. The van der Waals surface area contributed by atoms with Crippen LogP contribution in [0.1, 0.15) is 45.1 Å². The van der Waals surface area contributed by atoms with Gasteiger partial charge in [0, 0.05) is 26.3 Å². The zero-order chi connectivity index (χ0) is 17.5. The molecule has 1 aliphatic heterocycles. The number of piperidine rings is 1. The van der Waals surface area contributed by atoms with Crippen molar-refractivity contribution in [3.05, 3.63) is 23.2 Å². The molecule has 24 heavy (non-hydrogen) atoms. The minimum atomic E-state index is -0.461. The van der Waals surface area contributed by atoms with Crippen molar-refractivity contribution < 1.29 is 9.53 Å². The third kappa shape index (κ3) is 3.34. The molecule has 0 radical (unpaired) electrons. The van der Waals surface area contributed by atoms with Crippen LogP contribution < -0.4 is 0 Å². The molecule has 3 rings (SSSR count). The van der Waals surface area contributed by atoms with E-state index in [1.807, 2.05) is 32.4 Å². The lowest BCUT2D eigenvalue weighted by Crippen LogP contribution is -2.41. The predicted molar refractivity (Wildman–Crippen MR) is 93.3 cm³/mol. The Bertz CT molecular complexity index is 758. The van der Waals surface area contributed by atoms with Crippen molar-refractivity contribution in [1.29, 1.82) is 0 Å². The average Bonchev–Trinajstić information content (AvgIpc) is 2.84. The van der Waals surface area contributed by atoms with Crippen LogP contribution in [0.3, 0.4) is 0 Å². The van der Waals surface area contributed by atoms with Gasteiger partial charge in [0.15, 0.2) is 5.15 Å². The van der Waals surface area contributed by atoms with Crippen molar-refractivity contribution >= 4 is 28.7 Å². The van der Waals surface area contributed by atoms with Gasteiger partial charge in [0.2, 0.25) is 0 Å². The number of amides is 1. The van der Waals surface area contributed by atoms with Gasteiger partial charge in [-0.1, -0.05) is 11.6 Å². The van der Waals surface area contributed by atoms with Crippen molar-refractivity contribution in [2.45, 2.75) is 45.1 Å². The van der Waals surface area contributed by atoms with Gasteiger partial charge in [-0.25, -0.2) is 14.8 Å². The highest BCUT2D eigenvalue weighted by atomic mass is 35.5. The van der Waals surface area contributed by atoms with Crippen LogP contribution in [0, 0.1) is 0 Å². The Kier molecular flexibility index (Phi) is 4.42. The fourth-order valence-electron chi connectivity index (χ4n) is 3.21. The number of fused-ring (bicyclic) bond motifs is 1. The minimum absolute atomic E-state index is 0.232. The van der Waals surface area contributed by atoms with E-state index in [0.717, 1.165) is 23.9 Å². The largest absolute Gasteiger partial charge is 0.444 e. The molecule has 130 valence electrons. The Morgan fingerprint density at radius 3 is 2.58 bits per heavy atom. The van der Waals surface area contributed by atoms with Gasteiger partial charge in [-0.15, -0.1) is 0 Å². The predicted octanol–water partition coefficient (Wildman–Crippen LogP) is 3.74. The Morgan fingerprint density at radius 2 is 1.96 bits per heavy atom. The first-order chi connectivity index (χ1) is 11.3. The lowest BCUT2D eigenvalue weighted by atomic mass is 9.90. The van der Waals surface area contributed by atoms with Crippen molar-refractivity contribution in [3.8, 4) is 0 Å². The molecule has 0 aromatic carbocycles. The number of aryl methyl sites for hydroxylation is 1. The summed E-state index contributed by atoms with van der Waals surface area (Å²) >= 11 is 6.20. The highest BCUT2D eigenvalue weighted by Crippen LogP contribution is 2.35. The molecule has 1 aliphatic rings. The Balaban J connectivity index is 1.74. The van der Waals surface area contributed by atoms with Crippen LogP contribution in [-0.2, 0) is 11.8 Å². The maximum absolute atomic E-state index is 12.2. The van der Waals surface area contributed by atoms with Gasteiger partial charge in [0.1, 0.15) is 17.4 Å². The molecular formula is C17H23ClN4O2. The second-order valence-corrected chi connectivity index (χ2v) is 7.66. The van der Waals surface area contributed by atoms with Gasteiger partial charge >= 0.3 is 6.09 Å². The number of carbonyl (C=O) groups excluding carboxylic acids is 1. The number of aromatic nitrogens is 3. The van der Waals surface area contributed by atoms with Crippen LogP contribution in [0.4, 0.5) is 4.79 Å². The molecule has 0 N–H and O–H groups in total. The maximum Gasteiger partial charge on any atom is 0.410 e. The van der Waals surface area contributed by atoms with E-state index >= 15 is 0 Å². The normalized spacial score (nSPS) is 16.6. The van der Waals surface area contributed by atoms with E-state index < -0.39 is 5.60 Å². The number of hydrogen-bond acceptors (Lipinski definition) is 4. The monoisotopic (exact) mass is 350 g/mol. The summed E-state index contributed by atoms with van der Waals surface area (Å²) in [5, 5.41) is 0.472. The molecule has 0 aliphatic carbocycles. The number of hydrogen-bond donors (Lipinski definition) is 0. The molecular weight excluding hydrogens is 328 g/mol. The molecule has 2 aromatic rings. The van der Waals surface area contributed by atoms with Gasteiger partial charge in [0.25, 0.3) is 0 Å². The molecule has 7 heteroatoms. The first-order valence-corrected chi connectivity index (χ1v) is 8.57. The van der Waals surface area contributed by atoms with E-state index in [1.165, 1.54) is 11.9 Å². The van der Waals surface area contributed by atoms with Gasteiger partial charge in [-0.05, 0) is 45.1 Å². The summed E-state index contributed by atoms with van der Waals surface area (Å²) in [5.41, 5.74) is 2.50. The summed E-state index contributed by atoms with van der Waals surface area (Å²) in [7, 11) is 1.96. The second kappa shape index (κ2) is 6.24. The standard InChI is InChI=1S/C17H23ClN4O2/c1-17(2,3)24-16(23)22-7-5-11(6-8-22)12-9-21(4)14-13(12)19-10-20-15(14)18/h9-11H,5-8H2,1-4H3. The highest BCUT2D eigenvalue weighted by Gasteiger charge is 2.29. The first kappa shape index (κ1) is 17.0. The molecule has 0 saturated carbocycles. The van der Waals surface area contributed by atoms with Crippen LogP contribution in [0.15, 0.2) is 12.5 Å². The first-order valence-electron chi connectivity index (χ1n) is 8.19. The quantitative estimate of drug-likeness (QED) is 0.735. The molecule has 0 atom stereocenters. The third-order valence-corrected chi connectivity index (χ3v) is 4.60. The van der Waals surface area contributed by atoms with E-state index in [1.54, 1.807) is 4.90 Å². The van der Waals surface area contributed by atoms with Gasteiger partial charge < -0.3 is 14.2 Å². The van der Waals surface area contributed by atoms with Crippen LogP contribution in [0.5, 0.6) is 0 Å². The molecule has 1 amide bonds. The summed E-state index contributed by atoms with van der Waals surface area (Å²) < 4.78 is 7.43. The van der Waals surface area contributed by atoms with Crippen molar-refractivity contribution in [3.63, 3.8) is 0 Å². The van der Waals surface area contributed by atoms with Gasteiger partial charge in [0.05, 0.1) is 5.52 Å². The van der Waals surface area contributed by atoms with E-state index in [4.69, 9.17) is 16.3 Å². The van der Waals surface area contributed by atoms with E-state index in [0.29, 0.717) is 24.2 Å². The van der Waals surface area contributed by atoms with Crippen LogP contribution in [0.2, 0.25) is 5.15 Å². The molecule has 6 nitrogen and oxygen atoms in total. The number of halogens is 1. The van der Waals surface area contributed by atoms with Crippen molar-refractivity contribution in [1.82, 2.24) is 19.4 Å². The summed E-state index contributed by atoms with van der Waals surface area (Å²) in [6, 6.07) is 0. The minimum Gasteiger partial charge on any atom is -0.444 e. The zero-order valence-electron chi connectivity index (χ0n) is 14.5. The molecule has 3 heterocycles. The molecule has 1 saturated heterocycles. The topological polar surface area (TPSA) is 60.2 Å². The zero-order valence-corrected chi connectivity index (χ0v) is 15.3. The lowest BCUT2D eigenvalue weighted by molar-refractivity contribution is 0.0205. The Labute approximate surface area is 146 Å².